The minimum Gasteiger partial charge on any atom is -0.210 e. The molecular weight excluding hydrogens is 393 g/mol. The number of thiol groups is 2. The molecule has 0 aromatic heterocycles. The maximum atomic E-state index is 4.57. The van der Waals surface area contributed by atoms with Crippen molar-refractivity contribution < 1.29 is 0 Å². The second-order valence-electron chi connectivity index (χ2n) is 7.00. The van der Waals surface area contributed by atoms with E-state index in [4.69, 9.17) is 0 Å². The van der Waals surface area contributed by atoms with Crippen molar-refractivity contribution >= 4 is 82.7 Å². The highest BCUT2D eigenvalue weighted by atomic mass is 33.7. The predicted molar refractivity (Wildman–Crippen MR) is 122 cm³/mol. The summed E-state index contributed by atoms with van der Waals surface area (Å²) in [4.78, 5) is 0. The number of rotatable bonds is 11. The van der Waals surface area contributed by atoms with Gasteiger partial charge in [-0.05, 0) is 42.6 Å². The van der Waals surface area contributed by atoms with Crippen molar-refractivity contribution in [3.63, 3.8) is 0 Å². The van der Waals surface area contributed by atoms with Crippen LogP contribution in [0.3, 0.4) is 0 Å². The van der Waals surface area contributed by atoms with Gasteiger partial charge in [0.15, 0.2) is 0 Å². The minimum absolute atomic E-state index is 0.208. The fourth-order valence-electron chi connectivity index (χ4n) is 1.92. The number of hydrogen-bond acceptors (Lipinski definition) is 6. The molecule has 0 saturated heterocycles. The molecule has 0 aromatic rings. The average Bonchev–Trinajstić information content (AvgIpc) is 2.33. The van der Waals surface area contributed by atoms with Gasteiger partial charge in [-0.2, -0.15) is 0 Å². The molecule has 0 spiro atoms. The lowest BCUT2D eigenvalue weighted by Crippen LogP contribution is -2.13. The summed E-state index contributed by atoms with van der Waals surface area (Å²) >= 11 is 9.14. The van der Waals surface area contributed by atoms with Crippen molar-refractivity contribution in [1.82, 2.24) is 0 Å². The summed E-state index contributed by atoms with van der Waals surface area (Å²) in [7, 11) is 7.54. The van der Waals surface area contributed by atoms with Crippen LogP contribution in [0.25, 0.3) is 0 Å². The third kappa shape index (κ3) is 12.0. The Labute approximate surface area is 156 Å². The fraction of sp³-hybridized carbons (Fsp3) is 1.00. The molecule has 0 rings (SSSR count). The van der Waals surface area contributed by atoms with Crippen LogP contribution in [0.4, 0.5) is 0 Å². The maximum Gasteiger partial charge on any atom is 0.0869 e. The highest BCUT2D eigenvalue weighted by Gasteiger charge is 2.22. The topological polar surface area (TPSA) is 0 Å². The van der Waals surface area contributed by atoms with E-state index in [1.54, 1.807) is 0 Å². The van der Waals surface area contributed by atoms with Crippen LogP contribution in [0, 0.1) is 0 Å². The summed E-state index contributed by atoms with van der Waals surface area (Å²) < 4.78 is 0. The third-order valence-corrected chi connectivity index (χ3v) is 17.6. The summed E-state index contributed by atoms with van der Waals surface area (Å²) in [5.41, 5.74) is 0. The Hall–Kier alpha value is 2.53. The van der Waals surface area contributed by atoms with E-state index < -0.39 is 0 Å². The lowest BCUT2D eigenvalue weighted by molar-refractivity contribution is 0.609. The van der Waals surface area contributed by atoms with E-state index in [2.05, 4.69) is 65.7 Å². The minimum atomic E-state index is -0.208. The molecule has 0 radical (unpaired) electrons. The second-order valence-corrected chi connectivity index (χ2v) is 20.0. The van der Waals surface area contributed by atoms with Gasteiger partial charge in [0.25, 0.3) is 0 Å². The van der Waals surface area contributed by atoms with Gasteiger partial charge < -0.3 is 0 Å². The lowest BCUT2D eigenvalue weighted by atomic mass is 10.1. The fourth-order valence-corrected chi connectivity index (χ4v) is 11.7. The molecule has 0 saturated carbocycles. The molecule has 0 aliphatic heterocycles. The number of hydrogen-bond donors (Lipinski definition) is 2. The molecule has 2 unspecified atom stereocenters. The molecule has 8 heteroatoms. The van der Waals surface area contributed by atoms with Crippen molar-refractivity contribution in [1.29, 1.82) is 0 Å². The third-order valence-electron chi connectivity index (χ3n) is 2.97. The monoisotopic (exact) mass is 422 g/mol. The largest absolute Gasteiger partial charge is 0.210 e. The smallest absolute Gasteiger partial charge is 0.0869 e. The summed E-state index contributed by atoms with van der Waals surface area (Å²) in [5.74, 6) is 0. The van der Waals surface area contributed by atoms with Crippen LogP contribution in [0.1, 0.15) is 54.4 Å². The molecule has 0 aliphatic carbocycles. The van der Waals surface area contributed by atoms with Crippen LogP contribution in [0.5, 0.6) is 0 Å². The van der Waals surface area contributed by atoms with Crippen LogP contribution in [0.15, 0.2) is 0 Å². The van der Waals surface area contributed by atoms with E-state index in [-0.39, 0.29) is 17.3 Å². The van der Waals surface area contributed by atoms with Crippen molar-refractivity contribution in [2.24, 2.45) is 0 Å². The van der Waals surface area contributed by atoms with Gasteiger partial charge in [0.1, 0.15) is 0 Å². The van der Waals surface area contributed by atoms with Crippen molar-refractivity contribution in [2.75, 3.05) is 0 Å². The van der Waals surface area contributed by atoms with E-state index in [9.17, 15) is 0 Å². The molecule has 20 heavy (non-hydrogen) atoms. The first-order chi connectivity index (χ1) is 9.12. The zero-order chi connectivity index (χ0) is 15.8. The summed E-state index contributed by atoms with van der Waals surface area (Å²) in [6.07, 6.45) is 2.58. The Bertz CT molecular complexity index is 236. The molecule has 0 aliphatic rings. The lowest BCUT2D eigenvalue weighted by Gasteiger charge is -2.25. The van der Waals surface area contributed by atoms with Crippen molar-refractivity contribution in [3.8, 4) is 0 Å². The molecule has 0 N–H and O–H groups in total. The Morgan fingerprint density at radius 3 is 1.35 bits per heavy atom. The van der Waals surface area contributed by atoms with Crippen LogP contribution < -0.4 is 0 Å². The Morgan fingerprint density at radius 1 is 0.800 bits per heavy atom. The van der Waals surface area contributed by atoms with Gasteiger partial charge in [0, 0.05) is 10.5 Å². The van der Waals surface area contributed by atoms with Crippen molar-refractivity contribution in [2.45, 2.75) is 75.0 Å². The van der Waals surface area contributed by atoms with Crippen molar-refractivity contribution in [3.05, 3.63) is 0 Å². The van der Waals surface area contributed by atoms with Crippen LogP contribution in [-0.4, -0.2) is 27.8 Å². The molecular formula is C12H30S6Si2. The Morgan fingerprint density at radius 2 is 1.10 bits per heavy atom. The van der Waals surface area contributed by atoms with E-state index in [1.165, 1.54) is 12.8 Å². The molecule has 0 amide bonds. The molecule has 0 bridgehead atoms. The maximum absolute atomic E-state index is 4.57. The van der Waals surface area contributed by atoms with Gasteiger partial charge in [0.2, 0.25) is 0 Å². The molecule has 0 fully saturated rings. The standard InChI is InChI=1S/C12H30S6Si2/c1-9(7-11(3,4)19-13)15-17-18-16-10(2)8-12(5,6)20-14/h9-10,13-14H,7-8,19-20H2,1-6H3. The summed E-state index contributed by atoms with van der Waals surface area (Å²) in [5, 5.41) is 2.42. The van der Waals surface area contributed by atoms with Gasteiger partial charge in [-0.1, -0.05) is 63.1 Å². The van der Waals surface area contributed by atoms with E-state index in [0.29, 0.717) is 10.1 Å². The Balaban J connectivity index is 3.76. The first-order valence-electron chi connectivity index (χ1n) is 6.99. The molecule has 0 heterocycles. The second kappa shape index (κ2) is 11.2. The van der Waals surface area contributed by atoms with Gasteiger partial charge in [-0.3, -0.25) is 0 Å². The predicted octanol–water partition coefficient (Wildman–Crippen LogP) is 5.65. The van der Waals surface area contributed by atoms with Crippen LogP contribution in [0.2, 0.25) is 10.1 Å². The summed E-state index contributed by atoms with van der Waals surface area (Å²) in [6.45, 7) is 14.1. The molecule has 0 nitrogen and oxygen atoms in total. The van der Waals surface area contributed by atoms with Gasteiger partial charge >= 0.3 is 0 Å². The van der Waals surface area contributed by atoms with Gasteiger partial charge in [-0.25, -0.2) is 24.2 Å². The zero-order valence-corrected chi connectivity index (χ0v) is 21.4. The summed E-state index contributed by atoms with van der Waals surface area (Å²) in [6, 6.07) is 0. The average molecular weight is 423 g/mol. The normalized spacial score (nSPS) is 17.4. The van der Waals surface area contributed by atoms with Gasteiger partial charge in [0.05, 0.1) is 17.3 Å². The van der Waals surface area contributed by atoms with E-state index in [0.717, 1.165) is 10.5 Å². The van der Waals surface area contributed by atoms with E-state index in [1.807, 2.05) is 41.2 Å². The highest BCUT2D eigenvalue weighted by molar-refractivity contribution is 9.26. The molecule has 2 atom stereocenters. The highest BCUT2D eigenvalue weighted by Crippen LogP contribution is 2.50. The van der Waals surface area contributed by atoms with E-state index >= 15 is 0 Å². The van der Waals surface area contributed by atoms with Gasteiger partial charge in [-0.15, -0.1) is 0 Å². The SMILES string of the molecule is CC(CC(C)(C)[SiH2]S)SSSSC(C)CC(C)(C)[SiH2]S. The molecule has 0 aromatic carbocycles. The van der Waals surface area contributed by atoms with Crippen LogP contribution in [-0.2, 0) is 0 Å². The van der Waals surface area contributed by atoms with Crippen LogP contribution >= 0.6 is 65.4 Å². The first kappa shape index (κ1) is 22.5. The Kier molecular flexibility index (Phi) is 12.6. The molecule has 122 valence electrons. The quantitative estimate of drug-likeness (QED) is 0.191. The first-order valence-corrected chi connectivity index (χ1v) is 18.4. The zero-order valence-electron chi connectivity index (χ0n) is 13.5.